The van der Waals surface area contributed by atoms with E-state index in [1.165, 1.54) is 0 Å². The van der Waals surface area contributed by atoms with E-state index in [1.54, 1.807) is 0 Å². The number of benzene rings is 4. The first-order valence-corrected chi connectivity index (χ1v) is 48.0. The summed E-state index contributed by atoms with van der Waals surface area (Å²) in [5.41, 5.74) is 10.1. The fraction of sp³-hybridized carbons (Fsp3) is 0.458. The zero-order valence-corrected chi connectivity index (χ0v) is 78.6. The number of aryl methyl sites for hydroxylation is 2. The number of morpholine rings is 4. The third-order valence-electron chi connectivity index (χ3n) is 25.1. The first-order chi connectivity index (χ1) is 64.8. The Morgan fingerprint density at radius 2 is 0.508 bits per heavy atom. The zero-order valence-electron chi connectivity index (χ0n) is 75.6. The van der Waals surface area contributed by atoms with Gasteiger partial charge in [0.05, 0.1) is 74.9 Å². The fourth-order valence-corrected chi connectivity index (χ4v) is 18.4. The van der Waals surface area contributed by atoms with Crippen molar-refractivity contribution in [2.45, 2.75) is 26.7 Å². The molecule has 8 fully saturated rings. The van der Waals surface area contributed by atoms with E-state index in [0.29, 0.717) is 20.1 Å². The molecule has 36 heteroatoms. The van der Waals surface area contributed by atoms with E-state index < -0.39 is 0 Å². The SMILES string of the molecule is Cc1cc(N2CCN(CCCNc3ccnc4cc(Cl)ccc34)CC2)nc(N2CCOCC2)n1.Cc1cc(N2CCN(CCNc3ccnc4cc(Cl)ccc34)CC2)nc(N2CCOCC2)n1.Clc1ccc2c(NCCCN3CCN(c4ccnc(N5CCOCC5)n4)CC3)ccnc2c1.Clc1ccc2c(NCCN3CCN(c4ccnc(N5CCOCC5)n4)CC3)ccnc2c1. The molecular formula is C96H120Cl4N28O4. The van der Waals surface area contributed by atoms with E-state index in [2.05, 4.69) is 139 Å². The molecule has 0 saturated carbocycles. The van der Waals surface area contributed by atoms with E-state index in [-0.39, 0.29) is 0 Å². The van der Waals surface area contributed by atoms with Crippen LogP contribution in [0.2, 0.25) is 20.1 Å². The van der Waals surface area contributed by atoms with Gasteiger partial charge in [0, 0.05) is 321 Å². The lowest BCUT2D eigenvalue weighted by molar-refractivity contribution is 0.122. The van der Waals surface area contributed by atoms with E-state index in [0.717, 1.165) is 400 Å². The Labute approximate surface area is 792 Å². The van der Waals surface area contributed by atoms with Crippen molar-refractivity contribution in [2.24, 2.45) is 0 Å². The van der Waals surface area contributed by atoms with Crippen LogP contribution < -0.4 is 60.5 Å². The lowest BCUT2D eigenvalue weighted by atomic mass is 10.2. The summed E-state index contributed by atoms with van der Waals surface area (Å²) in [6.45, 7) is 40.7. The van der Waals surface area contributed by atoms with Crippen molar-refractivity contribution in [1.82, 2.24) is 79.4 Å². The number of rotatable bonds is 26. The van der Waals surface area contributed by atoms with E-state index >= 15 is 0 Å². The maximum absolute atomic E-state index is 6.10. The Morgan fingerprint density at radius 3 is 0.811 bits per heavy atom. The third kappa shape index (κ3) is 25.6. The van der Waals surface area contributed by atoms with Gasteiger partial charge in [0.15, 0.2) is 0 Å². The maximum Gasteiger partial charge on any atom is 0.227 e. The van der Waals surface area contributed by atoms with Gasteiger partial charge in [-0.25, -0.2) is 19.9 Å². The number of ether oxygens (including phenoxy) is 4. The minimum Gasteiger partial charge on any atom is -0.384 e. The van der Waals surface area contributed by atoms with Crippen molar-refractivity contribution < 1.29 is 18.9 Å². The normalized spacial score (nSPS) is 17.5. The highest BCUT2D eigenvalue weighted by Crippen LogP contribution is 2.32. The van der Waals surface area contributed by atoms with Gasteiger partial charge < -0.3 is 79.4 Å². The van der Waals surface area contributed by atoms with Crippen LogP contribution in [0, 0.1) is 13.8 Å². The molecule has 696 valence electrons. The lowest BCUT2D eigenvalue weighted by Crippen LogP contribution is -2.48. The van der Waals surface area contributed by atoms with Crippen LogP contribution in [0.15, 0.2) is 159 Å². The minimum absolute atomic E-state index is 0.709. The van der Waals surface area contributed by atoms with E-state index in [1.807, 2.05) is 153 Å². The highest BCUT2D eigenvalue weighted by Gasteiger charge is 2.28. The molecule has 12 aromatic rings. The average Bonchev–Trinajstić information content (AvgIpc) is 0.827. The fourth-order valence-electron chi connectivity index (χ4n) is 17.7. The molecule has 4 aromatic carbocycles. The second-order valence-corrected chi connectivity index (χ2v) is 35.7. The summed E-state index contributed by atoms with van der Waals surface area (Å²) in [5, 5.41) is 21.5. The summed E-state index contributed by atoms with van der Waals surface area (Å²) >= 11 is 24.4. The average molecular weight is 1870 g/mol. The highest BCUT2D eigenvalue weighted by atomic mass is 35.5. The van der Waals surface area contributed by atoms with Gasteiger partial charge in [0.1, 0.15) is 23.3 Å². The van der Waals surface area contributed by atoms with Crippen molar-refractivity contribution in [3.63, 3.8) is 0 Å². The van der Waals surface area contributed by atoms with Gasteiger partial charge in [-0.2, -0.15) is 19.9 Å². The van der Waals surface area contributed by atoms with Crippen LogP contribution in [0.3, 0.4) is 0 Å². The number of nitrogens with one attached hydrogen (secondary N) is 4. The smallest absolute Gasteiger partial charge is 0.227 e. The van der Waals surface area contributed by atoms with Crippen molar-refractivity contribution >= 4 is 160 Å². The molecular weight excluding hydrogens is 1750 g/mol. The second kappa shape index (κ2) is 46.8. The van der Waals surface area contributed by atoms with Crippen LogP contribution in [0.25, 0.3) is 43.6 Å². The van der Waals surface area contributed by atoms with Crippen LogP contribution in [0.5, 0.6) is 0 Å². The standard InChI is InChI=1S/C25H32ClN7O.2C24H30ClN7O.C23H28ClN7O/c1-19-17-24(30-25(29-19)33-13-15-34-16-14-33)32-11-9-31(10-12-32)8-2-6-27-22-5-7-28-23-18-20(26)3-4-21(22)23;25-19-2-3-20-21(4-7-27-22(20)18-19)26-6-1-9-30-10-12-31(13-11-30)23-5-8-28-24(29-23)32-14-16-33-17-15-32;1-18-16-23(29-24(28-18)32-12-14-33-15-13-32)31-10-8-30(9-11-31)7-6-27-21-4-5-26-22-17-19(25)2-3-20(21)22;24-18-1-2-19-20(3-5-25-21(19)17-18)26-7-8-29-9-11-30(12-10-29)22-4-6-27-23(28-22)31-13-15-32-16-14-31/h3-5,7,17-18H,2,6,8-16H2,1H3,(H,27,28);2-5,7-8,18H,1,6,9-17H2,(H,26,27);2-5,16-17H,6-15H2,1H3,(H,26,27);1-6,17H,7-16H2,(H,25,26). The first-order valence-electron chi connectivity index (χ1n) is 46.5. The molecule has 132 heavy (non-hydrogen) atoms. The van der Waals surface area contributed by atoms with Crippen LogP contribution in [0.4, 0.5) is 69.8 Å². The van der Waals surface area contributed by atoms with Gasteiger partial charge in [-0.05, 0) is 149 Å². The van der Waals surface area contributed by atoms with Crippen molar-refractivity contribution in [2.75, 3.05) is 323 Å². The summed E-state index contributed by atoms with van der Waals surface area (Å²) < 4.78 is 21.8. The van der Waals surface area contributed by atoms with Crippen molar-refractivity contribution in [1.29, 1.82) is 0 Å². The quantitative estimate of drug-likeness (QED) is 0.0367. The number of fused-ring (bicyclic) bond motifs is 4. The topological polar surface area (TPSA) is 279 Å². The lowest BCUT2D eigenvalue weighted by Gasteiger charge is -2.36. The number of halogens is 4. The van der Waals surface area contributed by atoms with Gasteiger partial charge in [-0.15, -0.1) is 0 Å². The molecule has 0 radical (unpaired) electrons. The Hall–Kier alpha value is -10.7. The Kier molecular flexibility index (Phi) is 33.0. The number of nitrogens with zero attached hydrogens (tertiary/aromatic N) is 24. The van der Waals surface area contributed by atoms with E-state index in [9.17, 15) is 0 Å². The Balaban J connectivity index is 0.000000123. The minimum atomic E-state index is 0.709. The van der Waals surface area contributed by atoms with Crippen LogP contribution in [-0.4, -0.2) is 342 Å². The number of piperazine rings is 4. The summed E-state index contributed by atoms with van der Waals surface area (Å²) in [4.78, 5) is 83.8. The summed E-state index contributed by atoms with van der Waals surface area (Å²) in [6, 6.07) is 39.7. The molecule has 0 atom stereocenters. The molecule has 8 saturated heterocycles. The van der Waals surface area contributed by atoms with Crippen LogP contribution >= 0.6 is 46.4 Å². The maximum atomic E-state index is 6.10. The number of anilines is 12. The summed E-state index contributed by atoms with van der Waals surface area (Å²) in [7, 11) is 0. The molecule has 0 unspecified atom stereocenters. The number of hydrogen-bond acceptors (Lipinski definition) is 32. The number of aromatic nitrogens is 12. The van der Waals surface area contributed by atoms with Gasteiger partial charge in [0.25, 0.3) is 0 Å². The van der Waals surface area contributed by atoms with Gasteiger partial charge in [-0.1, -0.05) is 46.4 Å². The van der Waals surface area contributed by atoms with E-state index in [4.69, 9.17) is 85.3 Å². The molecule has 8 aromatic heterocycles. The molecule has 20 rings (SSSR count). The Bertz CT molecular complexity index is 5710. The third-order valence-corrected chi connectivity index (χ3v) is 26.1. The highest BCUT2D eigenvalue weighted by molar-refractivity contribution is 6.32. The summed E-state index contributed by atoms with van der Waals surface area (Å²) in [6.07, 6.45) is 13.2. The molecule has 0 spiro atoms. The molecule has 0 amide bonds. The molecule has 8 aliphatic heterocycles. The largest absolute Gasteiger partial charge is 0.384 e. The number of pyridine rings is 4. The molecule has 16 heterocycles. The van der Waals surface area contributed by atoms with Crippen molar-refractivity contribution in [3.05, 3.63) is 190 Å². The van der Waals surface area contributed by atoms with Gasteiger partial charge >= 0.3 is 0 Å². The van der Waals surface area contributed by atoms with Gasteiger partial charge in [-0.3, -0.25) is 39.5 Å². The van der Waals surface area contributed by atoms with Crippen molar-refractivity contribution in [3.8, 4) is 0 Å². The molecule has 4 N–H and O–H groups in total. The predicted molar refractivity (Wildman–Crippen MR) is 535 cm³/mol. The molecule has 8 aliphatic rings. The first kappa shape index (κ1) is 93.1. The summed E-state index contributed by atoms with van der Waals surface area (Å²) in [5.74, 6) is 7.39. The predicted octanol–water partition coefficient (Wildman–Crippen LogP) is 12.4. The van der Waals surface area contributed by atoms with Gasteiger partial charge in [0.2, 0.25) is 23.8 Å². The molecule has 0 aliphatic carbocycles. The number of hydrogen-bond donors (Lipinski definition) is 4. The van der Waals surface area contributed by atoms with Crippen LogP contribution in [0.1, 0.15) is 24.2 Å². The second-order valence-electron chi connectivity index (χ2n) is 34.0. The van der Waals surface area contributed by atoms with Crippen LogP contribution in [-0.2, 0) is 18.9 Å². The molecule has 32 nitrogen and oxygen atoms in total. The Morgan fingerprint density at radius 1 is 0.250 bits per heavy atom. The molecule has 0 bridgehead atoms. The monoisotopic (exact) mass is 1870 g/mol. The zero-order chi connectivity index (χ0) is 90.2.